The van der Waals surface area contributed by atoms with E-state index in [2.05, 4.69) is 4.98 Å². The highest BCUT2D eigenvalue weighted by Gasteiger charge is 2.14. The van der Waals surface area contributed by atoms with Gasteiger partial charge in [-0.25, -0.2) is 0 Å². The summed E-state index contributed by atoms with van der Waals surface area (Å²) in [6, 6.07) is 9.76. The van der Waals surface area contributed by atoms with Crippen molar-refractivity contribution < 1.29 is 14.4 Å². The van der Waals surface area contributed by atoms with E-state index in [1.165, 1.54) is 0 Å². The third-order valence-corrected chi connectivity index (χ3v) is 3.71. The van der Waals surface area contributed by atoms with Crippen LogP contribution in [0.15, 0.2) is 30.3 Å². The lowest BCUT2D eigenvalue weighted by molar-refractivity contribution is 0.373. The molecule has 4 nitrogen and oxygen atoms in total. The first kappa shape index (κ1) is 13.2. The molecule has 0 aliphatic carbocycles. The van der Waals surface area contributed by atoms with Crippen molar-refractivity contribution in [3.8, 4) is 0 Å². The van der Waals surface area contributed by atoms with Gasteiger partial charge in [0.15, 0.2) is 0 Å². The van der Waals surface area contributed by atoms with Crippen LogP contribution in [0.5, 0.6) is 0 Å². The Hall–Kier alpha value is -1.22. The molecule has 5 heteroatoms. The molecule has 2 rings (SSSR count). The summed E-state index contributed by atoms with van der Waals surface area (Å²) >= 11 is 0. The fourth-order valence-corrected chi connectivity index (χ4v) is 2.52. The zero-order valence-electron chi connectivity index (χ0n) is 10.2. The Bertz CT molecular complexity index is 606. The van der Waals surface area contributed by atoms with Gasteiger partial charge in [-0.05, 0) is 30.5 Å². The number of hydrogen-bond acceptors (Lipinski definition) is 2. The van der Waals surface area contributed by atoms with Crippen LogP contribution in [-0.2, 0) is 17.4 Å². The van der Waals surface area contributed by atoms with Gasteiger partial charge in [-0.1, -0.05) is 25.1 Å². The minimum absolute atomic E-state index is 0.125. The highest BCUT2D eigenvalue weighted by atomic mass is 31.2. The third-order valence-electron chi connectivity index (χ3n) is 2.90. The topological polar surface area (TPSA) is 70.4 Å². The van der Waals surface area contributed by atoms with Crippen LogP contribution in [0.2, 0.25) is 0 Å². The molecule has 1 aromatic carbocycles. The van der Waals surface area contributed by atoms with E-state index in [0.717, 1.165) is 28.6 Å². The van der Waals surface area contributed by atoms with Crippen molar-refractivity contribution in [2.75, 3.05) is 6.16 Å². The van der Waals surface area contributed by atoms with Gasteiger partial charge in [0.2, 0.25) is 0 Å². The molecular weight excluding hydrogens is 249 g/mol. The van der Waals surface area contributed by atoms with Crippen molar-refractivity contribution in [1.29, 1.82) is 0 Å². The summed E-state index contributed by atoms with van der Waals surface area (Å²) in [5, 5.41) is 1.01. The molecule has 0 amide bonds. The maximum absolute atomic E-state index is 10.9. The van der Waals surface area contributed by atoms with Crippen molar-refractivity contribution in [3.63, 3.8) is 0 Å². The van der Waals surface area contributed by atoms with E-state index in [4.69, 9.17) is 9.79 Å². The molecule has 96 valence electrons. The van der Waals surface area contributed by atoms with E-state index in [1.807, 2.05) is 37.3 Å². The van der Waals surface area contributed by atoms with Crippen molar-refractivity contribution in [2.45, 2.75) is 19.8 Å². The lowest BCUT2D eigenvalue weighted by atomic mass is 10.1. The molecule has 0 fully saturated rings. The second kappa shape index (κ2) is 5.19. The van der Waals surface area contributed by atoms with Gasteiger partial charge >= 0.3 is 7.60 Å². The molecule has 0 aliphatic heterocycles. The SMILES string of the molecule is CCc1nc2ccccc2cc1CCP(=O)(O)O. The lowest BCUT2D eigenvalue weighted by Crippen LogP contribution is -2.01. The summed E-state index contributed by atoms with van der Waals surface area (Å²) < 4.78 is 10.9. The van der Waals surface area contributed by atoms with E-state index in [9.17, 15) is 4.57 Å². The molecule has 2 aromatic rings. The van der Waals surface area contributed by atoms with Crippen LogP contribution in [0.3, 0.4) is 0 Å². The molecule has 0 bridgehead atoms. The van der Waals surface area contributed by atoms with Gasteiger partial charge in [0.05, 0.1) is 11.7 Å². The summed E-state index contributed by atoms with van der Waals surface area (Å²) in [5.74, 6) is 0. The van der Waals surface area contributed by atoms with E-state index >= 15 is 0 Å². The first-order valence-corrected chi connectivity index (χ1v) is 7.71. The molecule has 0 spiro atoms. The van der Waals surface area contributed by atoms with Crippen LogP contribution in [0.25, 0.3) is 10.9 Å². The predicted molar refractivity (Wildman–Crippen MR) is 71.7 cm³/mol. The van der Waals surface area contributed by atoms with Gasteiger partial charge in [0.1, 0.15) is 0 Å². The van der Waals surface area contributed by atoms with Crippen LogP contribution in [0, 0.1) is 0 Å². The van der Waals surface area contributed by atoms with Crippen LogP contribution >= 0.6 is 7.60 Å². The minimum Gasteiger partial charge on any atom is -0.324 e. The Kier molecular flexibility index (Phi) is 3.81. The van der Waals surface area contributed by atoms with E-state index in [-0.39, 0.29) is 6.16 Å². The number of aryl methyl sites for hydroxylation is 2. The normalized spacial score (nSPS) is 11.9. The Balaban J connectivity index is 2.39. The first-order valence-electron chi connectivity index (χ1n) is 5.91. The minimum atomic E-state index is -3.95. The van der Waals surface area contributed by atoms with Gasteiger partial charge in [-0.2, -0.15) is 0 Å². The maximum atomic E-state index is 10.9. The average Bonchev–Trinajstić information content (AvgIpc) is 2.34. The largest absolute Gasteiger partial charge is 0.325 e. The maximum Gasteiger partial charge on any atom is 0.325 e. The van der Waals surface area contributed by atoms with E-state index in [1.54, 1.807) is 0 Å². The Labute approximate surface area is 106 Å². The molecule has 18 heavy (non-hydrogen) atoms. The standard InChI is InChI=1S/C13H16NO3P/c1-2-12-11(7-8-18(15,16)17)9-10-5-3-4-6-13(10)14-12/h3-6,9H,2,7-8H2,1H3,(H2,15,16,17). The number of fused-ring (bicyclic) bond motifs is 1. The molecule has 0 aliphatic rings. The van der Waals surface area contributed by atoms with Crippen molar-refractivity contribution >= 4 is 18.5 Å². The Morgan fingerprint density at radius 3 is 2.67 bits per heavy atom. The number of pyridine rings is 1. The quantitative estimate of drug-likeness (QED) is 0.833. The monoisotopic (exact) mass is 265 g/mol. The summed E-state index contributed by atoms with van der Waals surface area (Å²) in [6.07, 6.45) is 1.01. The van der Waals surface area contributed by atoms with E-state index in [0.29, 0.717) is 6.42 Å². The average molecular weight is 265 g/mol. The summed E-state index contributed by atoms with van der Waals surface area (Å²) in [7, 11) is -3.95. The number of para-hydroxylation sites is 1. The van der Waals surface area contributed by atoms with Crippen LogP contribution in [0.1, 0.15) is 18.2 Å². The highest BCUT2D eigenvalue weighted by Crippen LogP contribution is 2.35. The number of benzene rings is 1. The van der Waals surface area contributed by atoms with Gasteiger partial charge in [0, 0.05) is 11.1 Å². The summed E-state index contributed by atoms with van der Waals surface area (Å²) in [5.41, 5.74) is 2.77. The van der Waals surface area contributed by atoms with Gasteiger partial charge < -0.3 is 9.79 Å². The van der Waals surface area contributed by atoms with Gasteiger partial charge in [-0.15, -0.1) is 0 Å². The predicted octanol–water partition coefficient (Wildman–Crippen LogP) is 2.52. The second-order valence-corrected chi connectivity index (χ2v) is 6.06. The highest BCUT2D eigenvalue weighted by molar-refractivity contribution is 7.51. The number of hydrogen-bond donors (Lipinski definition) is 2. The first-order chi connectivity index (χ1) is 8.49. The summed E-state index contributed by atoms with van der Waals surface area (Å²) in [6.45, 7) is 2.00. The smallest absolute Gasteiger partial charge is 0.324 e. The third kappa shape index (κ3) is 3.16. The van der Waals surface area contributed by atoms with Crippen LogP contribution in [0.4, 0.5) is 0 Å². The molecule has 0 unspecified atom stereocenters. The molecule has 1 aromatic heterocycles. The van der Waals surface area contributed by atoms with Crippen LogP contribution < -0.4 is 0 Å². The molecule has 0 saturated carbocycles. The van der Waals surface area contributed by atoms with Gasteiger partial charge in [-0.3, -0.25) is 9.55 Å². The number of nitrogens with zero attached hydrogens (tertiary/aromatic N) is 1. The molecule has 1 heterocycles. The van der Waals surface area contributed by atoms with Crippen molar-refractivity contribution in [1.82, 2.24) is 4.98 Å². The van der Waals surface area contributed by atoms with Gasteiger partial charge in [0.25, 0.3) is 0 Å². The Morgan fingerprint density at radius 2 is 2.00 bits per heavy atom. The van der Waals surface area contributed by atoms with E-state index < -0.39 is 7.60 Å². The zero-order valence-corrected chi connectivity index (χ0v) is 11.1. The molecular formula is C13H16NO3P. The zero-order chi connectivity index (χ0) is 13.2. The lowest BCUT2D eigenvalue weighted by Gasteiger charge is -2.10. The number of rotatable bonds is 4. The second-order valence-electron chi connectivity index (χ2n) is 4.28. The fourth-order valence-electron chi connectivity index (χ4n) is 1.99. The molecule has 0 saturated heterocycles. The summed E-state index contributed by atoms with van der Waals surface area (Å²) in [4.78, 5) is 22.4. The number of aromatic nitrogens is 1. The fraction of sp³-hybridized carbons (Fsp3) is 0.308. The Morgan fingerprint density at radius 1 is 1.28 bits per heavy atom. The van der Waals surface area contributed by atoms with Crippen LogP contribution in [-0.4, -0.2) is 20.9 Å². The van der Waals surface area contributed by atoms with Crippen molar-refractivity contribution in [3.05, 3.63) is 41.6 Å². The molecule has 0 atom stereocenters. The molecule has 0 radical (unpaired) electrons. The van der Waals surface area contributed by atoms with Crippen molar-refractivity contribution in [2.24, 2.45) is 0 Å². The molecule has 2 N–H and O–H groups in total.